The molecule has 1 saturated heterocycles. The Morgan fingerprint density at radius 1 is 1.16 bits per heavy atom. The molecule has 1 aliphatic rings. The van der Waals surface area contributed by atoms with Crippen LogP contribution in [0.15, 0.2) is 46.9 Å². The van der Waals surface area contributed by atoms with Crippen molar-refractivity contribution in [3.05, 3.63) is 58.3 Å². The van der Waals surface area contributed by atoms with Gasteiger partial charge in [-0.05, 0) is 40.4 Å². The van der Waals surface area contributed by atoms with E-state index >= 15 is 0 Å². The van der Waals surface area contributed by atoms with Crippen LogP contribution in [0.5, 0.6) is 0 Å². The van der Waals surface area contributed by atoms with Crippen molar-refractivity contribution in [3.63, 3.8) is 0 Å². The molecule has 0 aliphatic carbocycles. The molecule has 6 heteroatoms. The van der Waals surface area contributed by atoms with Crippen molar-refractivity contribution in [1.29, 1.82) is 0 Å². The average Bonchev–Trinajstić information content (AvgIpc) is 2.92. The van der Waals surface area contributed by atoms with Gasteiger partial charge in [-0.15, -0.1) is 0 Å². The molecule has 1 aliphatic heterocycles. The van der Waals surface area contributed by atoms with Crippen molar-refractivity contribution in [1.82, 2.24) is 14.5 Å². The number of likely N-dealkylation sites (tertiary alicyclic amines) is 1. The summed E-state index contributed by atoms with van der Waals surface area (Å²) in [5.74, 6) is 0.156. The first kappa shape index (κ1) is 16.5. The minimum atomic E-state index is -0.310. The van der Waals surface area contributed by atoms with Crippen LogP contribution in [0.1, 0.15) is 24.4 Å². The van der Waals surface area contributed by atoms with E-state index in [9.17, 15) is 4.39 Å². The minimum Gasteiger partial charge on any atom is -0.369 e. The predicted octanol–water partition coefficient (Wildman–Crippen LogP) is 4.36. The van der Waals surface area contributed by atoms with E-state index in [1.54, 1.807) is 6.07 Å². The highest BCUT2D eigenvalue weighted by Crippen LogP contribution is 2.32. The molecule has 0 unspecified atom stereocenters. The number of piperidine rings is 1. The number of fused-ring (bicyclic) bond motifs is 1. The molecule has 2 heterocycles. The maximum atomic E-state index is 13.7. The fourth-order valence-electron chi connectivity index (χ4n) is 3.67. The first-order chi connectivity index (χ1) is 12.1. The Labute approximate surface area is 154 Å². The van der Waals surface area contributed by atoms with Crippen molar-refractivity contribution in [2.75, 3.05) is 18.8 Å². The minimum absolute atomic E-state index is 0.300. The molecule has 2 aromatic carbocycles. The molecule has 1 fully saturated rings. The number of nitrogen functional groups attached to an aromatic ring is 1. The first-order valence-electron chi connectivity index (χ1n) is 8.50. The molecule has 0 radical (unpaired) electrons. The largest absolute Gasteiger partial charge is 0.369 e. The van der Waals surface area contributed by atoms with Gasteiger partial charge in [0.1, 0.15) is 5.82 Å². The molecule has 0 atom stereocenters. The van der Waals surface area contributed by atoms with Gasteiger partial charge in [0, 0.05) is 31.7 Å². The van der Waals surface area contributed by atoms with Gasteiger partial charge in [0.25, 0.3) is 0 Å². The second kappa shape index (κ2) is 6.77. The Morgan fingerprint density at radius 3 is 2.60 bits per heavy atom. The van der Waals surface area contributed by atoms with Crippen LogP contribution in [-0.2, 0) is 6.54 Å². The molecule has 0 saturated carbocycles. The third-order valence-electron chi connectivity index (χ3n) is 4.93. The highest BCUT2D eigenvalue weighted by Gasteiger charge is 2.24. The van der Waals surface area contributed by atoms with Crippen molar-refractivity contribution in [2.45, 2.75) is 25.4 Å². The van der Waals surface area contributed by atoms with E-state index in [0.717, 1.165) is 38.0 Å². The Bertz CT molecular complexity index is 885. The Balaban J connectivity index is 1.52. The van der Waals surface area contributed by atoms with Gasteiger partial charge in [-0.2, -0.15) is 0 Å². The van der Waals surface area contributed by atoms with Crippen LogP contribution in [0.25, 0.3) is 11.0 Å². The van der Waals surface area contributed by atoms with Crippen molar-refractivity contribution in [3.8, 4) is 0 Å². The maximum absolute atomic E-state index is 13.7. The van der Waals surface area contributed by atoms with Crippen molar-refractivity contribution in [2.24, 2.45) is 0 Å². The van der Waals surface area contributed by atoms with E-state index in [2.05, 4.69) is 54.6 Å². The number of nitrogens with zero attached hydrogens (tertiary/aromatic N) is 3. The van der Waals surface area contributed by atoms with Crippen molar-refractivity contribution < 1.29 is 4.39 Å². The summed E-state index contributed by atoms with van der Waals surface area (Å²) in [5.41, 5.74) is 9.00. The second-order valence-corrected chi connectivity index (χ2v) is 7.44. The predicted molar refractivity (Wildman–Crippen MR) is 102 cm³/mol. The zero-order valence-corrected chi connectivity index (χ0v) is 15.4. The summed E-state index contributed by atoms with van der Waals surface area (Å²) in [7, 11) is 0. The Morgan fingerprint density at radius 2 is 1.88 bits per heavy atom. The quantitative estimate of drug-likeness (QED) is 0.707. The lowest BCUT2D eigenvalue weighted by Gasteiger charge is -2.33. The monoisotopic (exact) mass is 402 g/mol. The van der Waals surface area contributed by atoms with E-state index in [4.69, 9.17) is 5.73 Å². The Kier molecular flexibility index (Phi) is 4.48. The van der Waals surface area contributed by atoms with E-state index < -0.39 is 0 Å². The molecule has 4 nitrogen and oxygen atoms in total. The lowest BCUT2D eigenvalue weighted by Crippen LogP contribution is -2.34. The summed E-state index contributed by atoms with van der Waals surface area (Å²) in [5, 5.41) is 0. The normalized spacial score (nSPS) is 16.6. The molecular formula is C19H20BrFN4. The smallest absolute Gasteiger partial charge is 0.201 e. The van der Waals surface area contributed by atoms with E-state index in [1.165, 1.54) is 11.6 Å². The lowest BCUT2D eigenvalue weighted by atomic mass is 10.0. The first-order valence-corrected chi connectivity index (χ1v) is 9.30. The van der Waals surface area contributed by atoms with Crippen LogP contribution < -0.4 is 5.73 Å². The van der Waals surface area contributed by atoms with Gasteiger partial charge >= 0.3 is 0 Å². The molecule has 4 rings (SSSR count). The summed E-state index contributed by atoms with van der Waals surface area (Å²) in [4.78, 5) is 6.81. The highest BCUT2D eigenvalue weighted by atomic mass is 79.9. The van der Waals surface area contributed by atoms with Gasteiger partial charge in [0.15, 0.2) is 0 Å². The number of hydrogen-bond acceptors (Lipinski definition) is 3. The Hall–Kier alpha value is -1.92. The van der Waals surface area contributed by atoms with Gasteiger partial charge in [-0.1, -0.05) is 30.3 Å². The number of hydrogen-bond donors (Lipinski definition) is 1. The maximum Gasteiger partial charge on any atom is 0.201 e. The molecule has 0 bridgehead atoms. The second-order valence-electron chi connectivity index (χ2n) is 6.59. The van der Waals surface area contributed by atoms with E-state index in [0.29, 0.717) is 22.0 Å². The topological polar surface area (TPSA) is 47.1 Å². The molecule has 1 aromatic heterocycles. The third kappa shape index (κ3) is 3.28. The fourth-order valence-corrected chi connectivity index (χ4v) is 4.00. The molecular weight excluding hydrogens is 383 g/mol. The summed E-state index contributed by atoms with van der Waals surface area (Å²) in [6.07, 6.45) is 2.02. The summed E-state index contributed by atoms with van der Waals surface area (Å²) >= 11 is 3.27. The fraction of sp³-hybridized carbons (Fsp3) is 0.316. The number of imidazole rings is 1. The van der Waals surface area contributed by atoms with E-state index in [1.807, 2.05) is 6.07 Å². The molecule has 0 amide bonds. The van der Waals surface area contributed by atoms with Gasteiger partial charge in [-0.3, -0.25) is 4.90 Å². The van der Waals surface area contributed by atoms with Crippen LogP contribution in [0, 0.1) is 5.82 Å². The van der Waals surface area contributed by atoms with Gasteiger partial charge in [0.2, 0.25) is 5.95 Å². The number of aromatic nitrogens is 2. The summed E-state index contributed by atoms with van der Waals surface area (Å²) in [6.45, 7) is 3.01. The molecule has 2 N–H and O–H groups in total. The molecule has 25 heavy (non-hydrogen) atoms. The molecule has 130 valence electrons. The summed E-state index contributed by atoms with van der Waals surface area (Å²) < 4.78 is 16.3. The van der Waals surface area contributed by atoms with Gasteiger partial charge in [0.05, 0.1) is 15.5 Å². The number of nitrogens with two attached hydrogens (primary N) is 1. The van der Waals surface area contributed by atoms with E-state index in [-0.39, 0.29) is 5.82 Å². The van der Waals surface area contributed by atoms with Gasteiger partial charge < -0.3 is 10.3 Å². The van der Waals surface area contributed by atoms with Crippen molar-refractivity contribution >= 4 is 32.9 Å². The number of anilines is 1. The van der Waals surface area contributed by atoms with Crippen LogP contribution in [0.4, 0.5) is 10.3 Å². The number of benzene rings is 2. The summed E-state index contributed by atoms with van der Waals surface area (Å²) in [6, 6.07) is 14.1. The highest BCUT2D eigenvalue weighted by molar-refractivity contribution is 9.10. The van der Waals surface area contributed by atoms with Crippen LogP contribution in [-0.4, -0.2) is 27.5 Å². The van der Waals surface area contributed by atoms with Crippen LogP contribution in [0.2, 0.25) is 0 Å². The zero-order valence-electron chi connectivity index (χ0n) is 13.8. The lowest BCUT2D eigenvalue weighted by molar-refractivity contribution is 0.182. The van der Waals surface area contributed by atoms with Gasteiger partial charge in [-0.25, -0.2) is 9.37 Å². The number of rotatable bonds is 3. The van der Waals surface area contributed by atoms with Crippen LogP contribution in [0.3, 0.4) is 0 Å². The molecule has 3 aromatic rings. The SMILES string of the molecule is Nc1nc2cc(F)c(Br)cc2n1C1CCN(Cc2ccccc2)CC1. The average molecular weight is 403 g/mol. The van der Waals surface area contributed by atoms with Crippen LogP contribution >= 0.6 is 15.9 Å². The number of halogens is 2. The zero-order chi connectivity index (χ0) is 17.4. The molecule has 0 spiro atoms. The third-order valence-corrected chi connectivity index (χ3v) is 5.54. The standard InChI is InChI=1S/C19H20BrFN4/c20-15-10-18-17(11-16(15)21)23-19(22)25(18)14-6-8-24(9-7-14)12-13-4-2-1-3-5-13/h1-5,10-11,14H,6-9,12H2,(H2,22,23).